The van der Waals surface area contributed by atoms with Crippen LogP contribution >= 0.6 is 11.6 Å². The van der Waals surface area contributed by atoms with E-state index in [4.69, 9.17) is 11.6 Å². The van der Waals surface area contributed by atoms with Gasteiger partial charge < -0.3 is 5.32 Å². The molecule has 0 atom stereocenters. The second kappa shape index (κ2) is 8.00. The maximum atomic E-state index is 12.8. The normalized spacial score (nSPS) is 11.1. The Bertz CT molecular complexity index is 1080. The van der Waals surface area contributed by atoms with Crippen molar-refractivity contribution in [3.8, 4) is 0 Å². The Labute approximate surface area is 168 Å². The van der Waals surface area contributed by atoms with Crippen molar-refractivity contribution in [2.45, 2.75) is 11.8 Å². The van der Waals surface area contributed by atoms with Crippen molar-refractivity contribution in [3.05, 3.63) is 83.0 Å². The number of carbonyl (C=O) groups excluding carboxylic acids is 1. The van der Waals surface area contributed by atoms with Crippen LogP contribution in [0, 0.1) is 6.92 Å². The van der Waals surface area contributed by atoms with Crippen LogP contribution in [0.1, 0.15) is 15.9 Å². The summed E-state index contributed by atoms with van der Waals surface area (Å²) in [5.74, 6) is 0.0166. The predicted molar refractivity (Wildman–Crippen MR) is 110 cm³/mol. The molecular weight excluding hydrogens is 398 g/mol. The van der Waals surface area contributed by atoms with E-state index in [0.29, 0.717) is 22.1 Å². The fourth-order valence-corrected chi connectivity index (χ4v) is 3.78. The summed E-state index contributed by atoms with van der Waals surface area (Å²) in [6, 6.07) is 16.1. The SMILES string of the molecule is Cc1ccc(S(=O)(=O)N(C)c2ccc(C(=O)Nc3ccc(Cl)cn3)cc2)cc1. The van der Waals surface area contributed by atoms with Crippen LogP contribution in [0.5, 0.6) is 0 Å². The van der Waals surface area contributed by atoms with Gasteiger partial charge in [0.15, 0.2) is 0 Å². The number of aryl methyl sites for hydroxylation is 1. The number of amides is 1. The number of carbonyl (C=O) groups is 1. The van der Waals surface area contributed by atoms with E-state index >= 15 is 0 Å². The van der Waals surface area contributed by atoms with Crippen LogP contribution in [-0.4, -0.2) is 26.4 Å². The fourth-order valence-electron chi connectivity index (χ4n) is 2.47. The van der Waals surface area contributed by atoms with Gasteiger partial charge in [-0.25, -0.2) is 13.4 Å². The molecule has 6 nitrogen and oxygen atoms in total. The number of hydrogen-bond acceptors (Lipinski definition) is 4. The third-order valence-electron chi connectivity index (χ3n) is 4.14. The average molecular weight is 416 g/mol. The van der Waals surface area contributed by atoms with E-state index in [0.717, 1.165) is 5.56 Å². The third kappa shape index (κ3) is 4.32. The van der Waals surface area contributed by atoms with Gasteiger partial charge in [-0.2, -0.15) is 0 Å². The van der Waals surface area contributed by atoms with Crippen molar-refractivity contribution in [2.75, 3.05) is 16.7 Å². The Morgan fingerprint density at radius 2 is 1.64 bits per heavy atom. The lowest BCUT2D eigenvalue weighted by molar-refractivity contribution is 0.102. The first-order valence-corrected chi connectivity index (χ1v) is 10.2. The highest BCUT2D eigenvalue weighted by atomic mass is 35.5. The molecule has 0 bridgehead atoms. The van der Waals surface area contributed by atoms with E-state index in [2.05, 4.69) is 10.3 Å². The summed E-state index contributed by atoms with van der Waals surface area (Å²) in [5, 5.41) is 3.13. The van der Waals surface area contributed by atoms with Gasteiger partial charge in [-0.15, -0.1) is 0 Å². The van der Waals surface area contributed by atoms with Gasteiger partial charge in [-0.05, 0) is 55.5 Å². The molecule has 3 aromatic rings. The highest BCUT2D eigenvalue weighted by molar-refractivity contribution is 7.92. The van der Waals surface area contributed by atoms with Crippen molar-refractivity contribution in [1.29, 1.82) is 0 Å². The Balaban J connectivity index is 1.76. The van der Waals surface area contributed by atoms with E-state index < -0.39 is 10.0 Å². The van der Waals surface area contributed by atoms with E-state index in [9.17, 15) is 13.2 Å². The Morgan fingerprint density at radius 1 is 1.00 bits per heavy atom. The minimum Gasteiger partial charge on any atom is -0.307 e. The average Bonchev–Trinajstić information content (AvgIpc) is 2.69. The van der Waals surface area contributed by atoms with E-state index in [1.54, 1.807) is 60.7 Å². The number of aromatic nitrogens is 1. The lowest BCUT2D eigenvalue weighted by atomic mass is 10.2. The summed E-state index contributed by atoms with van der Waals surface area (Å²) in [7, 11) is -2.21. The predicted octanol–water partition coefficient (Wildman–Crippen LogP) is 4.12. The Morgan fingerprint density at radius 3 is 2.21 bits per heavy atom. The van der Waals surface area contributed by atoms with Crippen LogP contribution < -0.4 is 9.62 Å². The molecule has 0 saturated carbocycles. The van der Waals surface area contributed by atoms with Crippen molar-refractivity contribution in [1.82, 2.24) is 4.98 Å². The van der Waals surface area contributed by atoms with Crippen molar-refractivity contribution < 1.29 is 13.2 Å². The molecule has 0 aliphatic rings. The van der Waals surface area contributed by atoms with Crippen LogP contribution in [-0.2, 0) is 10.0 Å². The number of pyridine rings is 1. The first-order valence-electron chi connectivity index (χ1n) is 8.36. The first kappa shape index (κ1) is 19.9. The van der Waals surface area contributed by atoms with Crippen molar-refractivity contribution in [3.63, 3.8) is 0 Å². The van der Waals surface area contributed by atoms with Crippen molar-refractivity contribution in [2.24, 2.45) is 0 Å². The number of anilines is 2. The highest BCUT2D eigenvalue weighted by Crippen LogP contribution is 2.23. The third-order valence-corrected chi connectivity index (χ3v) is 6.16. The topological polar surface area (TPSA) is 79.4 Å². The van der Waals surface area contributed by atoms with Crippen LogP contribution in [0.4, 0.5) is 11.5 Å². The number of nitrogens with zero attached hydrogens (tertiary/aromatic N) is 2. The van der Waals surface area contributed by atoms with Crippen LogP contribution in [0.2, 0.25) is 5.02 Å². The van der Waals surface area contributed by atoms with Crippen LogP contribution in [0.25, 0.3) is 0 Å². The van der Waals surface area contributed by atoms with Gasteiger partial charge >= 0.3 is 0 Å². The smallest absolute Gasteiger partial charge is 0.264 e. The molecule has 0 radical (unpaired) electrons. The van der Waals surface area contributed by atoms with Crippen LogP contribution in [0.15, 0.2) is 71.8 Å². The fraction of sp³-hybridized carbons (Fsp3) is 0.100. The lowest BCUT2D eigenvalue weighted by Gasteiger charge is -2.20. The van der Waals surface area contributed by atoms with E-state index in [-0.39, 0.29) is 10.8 Å². The van der Waals surface area contributed by atoms with Gasteiger partial charge in [0.05, 0.1) is 15.6 Å². The zero-order chi connectivity index (χ0) is 20.3. The molecular formula is C20H18ClN3O3S. The number of benzene rings is 2. The summed E-state index contributed by atoms with van der Waals surface area (Å²) < 4.78 is 26.7. The molecule has 0 spiro atoms. The molecule has 0 aliphatic heterocycles. The molecule has 0 unspecified atom stereocenters. The van der Waals surface area contributed by atoms with E-state index in [1.807, 2.05) is 6.92 Å². The second-order valence-corrected chi connectivity index (χ2v) is 8.55. The molecule has 0 fully saturated rings. The molecule has 2 aromatic carbocycles. The Kier molecular flexibility index (Phi) is 5.67. The molecule has 1 heterocycles. The second-order valence-electron chi connectivity index (χ2n) is 6.15. The van der Waals surface area contributed by atoms with Crippen molar-refractivity contribution >= 4 is 39.0 Å². The zero-order valence-corrected chi connectivity index (χ0v) is 16.8. The zero-order valence-electron chi connectivity index (χ0n) is 15.3. The summed E-state index contributed by atoms with van der Waals surface area (Å²) in [6.45, 7) is 1.89. The van der Waals surface area contributed by atoms with Gasteiger partial charge in [0.1, 0.15) is 5.82 Å². The van der Waals surface area contributed by atoms with E-state index in [1.165, 1.54) is 17.5 Å². The van der Waals surface area contributed by atoms with Gasteiger partial charge in [0, 0.05) is 18.8 Å². The quantitative estimate of drug-likeness (QED) is 0.679. The minimum atomic E-state index is -3.68. The van der Waals surface area contributed by atoms with Gasteiger partial charge in [-0.3, -0.25) is 9.10 Å². The summed E-state index contributed by atoms with van der Waals surface area (Å²) in [4.78, 5) is 16.5. The number of rotatable bonds is 5. The van der Waals surface area contributed by atoms with Gasteiger partial charge in [-0.1, -0.05) is 29.3 Å². The number of nitrogens with one attached hydrogen (secondary N) is 1. The largest absolute Gasteiger partial charge is 0.307 e. The molecule has 1 aromatic heterocycles. The monoisotopic (exact) mass is 415 g/mol. The molecule has 28 heavy (non-hydrogen) atoms. The number of halogens is 1. The Hall–Kier alpha value is -2.90. The lowest BCUT2D eigenvalue weighted by Crippen LogP contribution is -2.26. The molecule has 144 valence electrons. The highest BCUT2D eigenvalue weighted by Gasteiger charge is 2.21. The molecule has 1 N–H and O–H groups in total. The maximum Gasteiger partial charge on any atom is 0.264 e. The molecule has 0 aliphatic carbocycles. The standard InChI is InChI=1S/C20H18ClN3O3S/c1-14-3-10-18(11-4-14)28(26,27)24(2)17-8-5-15(6-9-17)20(25)23-19-12-7-16(21)13-22-19/h3-13H,1-2H3,(H,22,23,25). The summed E-state index contributed by atoms with van der Waals surface area (Å²) in [5.41, 5.74) is 1.80. The molecule has 0 saturated heterocycles. The van der Waals surface area contributed by atoms with Gasteiger partial charge in [0.2, 0.25) is 0 Å². The summed E-state index contributed by atoms with van der Waals surface area (Å²) in [6.07, 6.45) is 1.44. The first-order chi connectivity index (χ1) is 13.3. The summed E-state index contributed by atoms with van der Waals surface area (Å²) >= 11 is 5.77. The van der Waals surface area contributed by atoms with Crippen LogP contribution in [0.3, 0.4) is 0 Å². The molecule has 8 heteroatoms. The molecule has 1 amide bonds. The van der Waals surface area contributed by atoms with Gasteiger partial charge in [0.25, 0.3) is 15.9 Å². The minimum absolute atomic E-state index is 0.205. The molecule has 3 rings (SSSR count). The number of sulfonamides is 1. The maximum absolute atomic E-state index is 12.8. The number of hydrogen-bond donors (Lipinski definition) is 1.